The van der Waals surface area contributed by atoms with Crippen LogP contribution in [0.1, 0.15) is 66.5 Å². The highest BCUT2D eigenvalue weighted by Gasteiger charge is 2.28. The van der Waals surface area contributed by atoms with E-state index >= 15 is 0 Å². The summed E-state index contributed by atoms with van der Waals surface area (Å²) >= 11 is 13.7. The fraction of sp³-hybridized carbons (Fsp3) is 0.233. The monoisotopic (exact) mass is 578 g/mol. The fourth-order valence-electron chi connectivity index (χ4n) is 4.87. The zero-order valence-electron chi connectivity index (χ0n) is 21.9. The Kier molecular flexibility index (Phi) is 7.93. The Hall–Kier alpha value is -3.39. The van der Waals surface area contributed by atoms with Crippen molar-refractivity contribution in [3.05, 3.63) is 103 Å². The number of amides is 2. The lowest BCUT2D eigenvalue weighted by molar-refractivity contribution is 0.0954. The van der Waals surface area contributed by atoms with Gasteiger partial charge in [0.25, 0.3) is 11.8 Å². The van der Waals surface area contributed by atoms with E-state index in [-0.39, 0.29) is 11.8 Å². The number of rotatable bonds is 6. The van der Waals surface area contributed by atoms with Crippen LogP contribution < -0.4 is 10.7 Å². The molecule has 0 unspecified atom stereocenters. The summed E-state index contributed by atoms with van der Waals surface area (Å²) < 4.78 is 2.12. The third kappa shape index (κ3) is 5.66. The minimum absolute atomic E-state index is 0.0927. The summed E-state index contributed by atoms with van der Waals surface area (Å²) in [6.45, 7) is 6.03. The number of aromatic nitrogens is 1. The van der Waals surface area contributed by atoms with Gasteiger partial charge in [0.05, 0.1) is 21.8 Å². The van der Waals surface area contributed by atoms with Crippen molar-refractivity contribution in [3.8, 4) is 5.00 Å². The third-order valence-electron chi connectivity index (χ3n) is 6.91. The molecule has 0 bridgehead atoms. The van der Waals surface area contributed by atoms with Gasteiger partial charge in [0, 0.05) is 33.1 Å². The Morgan fingerprint density at radius 1 is 0.949 bits per heavy atom. The summed E-state index contributed by atoms with van der Waals surface area (Å²) in [7, 11) is 0. The van der Waals surface area contributed by atoms with Gasteiger partial charge in [0.2, 0.25) is 0 Å². The predicted octanol–water partition coefficient (Wildman–Crippen LogP) is 7.67. The molecule has 200 valence electrons. The van der Waals surface area contributed by atoms with Crippen molar-refractivity contribution < 1.29 is 9.59 Å². The van der Waals surface area contributed by atoms with Crippen LogP contribution in [-0.2, 0) is 12.8 Å². The Morgan fingerprint density at radius 3 is 2.44 bits per heavy atom. The number of carbonyl (C=O) groups excluding carboxylic acids is 2. The van der Waals surface area contributed by atoms with Crippen molar-refractivity contribution in [1.82, 2.24) is 9.99 Å². The van der Waals surface area contributed by atoms with Crippen molar-refractivity contribution >= 4 is 58.3 Å². The number of nitrogens with one attached hydrogen (secondary N) is 2. The van der Waals surface area contributed by atoms with Gasteiger partial charge in [-0.15, -0.1) is 11.3 Å². The second kappa shape index (κ2) is 11.4. The number of hydrazone groups is 1. The number of benzene rings is 2. The Labute approximate surface area is 241 Å². The van der Waals surface area contributed by atoms with Crippen molar-refractivity contribution in [2.45, 2.75) is 46.5 Å². The highest BCUT2D eigenvalue weighted by Crippen LogP contribution is 2.39. The summed E-state index contributed by atoms with van der Waals surface area (Å²) in [5.74, 6) is -0.482. The van der Waals surface area contributed by atoms with Crippen LogP contribution in [0.2, 0.25) is 10.0 Å². The van der Waals surface area contributed by atoms with Crippen LogP contribution in [0.3, 0.4) is 0 Å². The topological polar surface area (TPSA) is 75.5 Å². The molecule has 1 aliphatic carbocycles. The number of thiophene rings is 1. The molecule has 39 heavy (non-hydrogen) atoms. The molecule has 2 amide bonds. The van der Waals surface area contributed by atoms with Crippen LogP contribution in [0, 0.1) is 20.8 Å². The summed E-state index contributed by atoms with van der Waals surface area (Å²) in [4.78, 5) is 27.5. The first kappa shape index (κ1) is 27.2. The molecule has 0 fully saturated rings. The highest BCUT2D eigenvalue weighted by atomic mass is 35.5. The Bertz CT molecular complexity index is 1600. The zero-order chi connectivity index (χ0) is 27.7. The summed E-state index contributed by atoms with van der Waals surface area (Å²) in [5, 5.41) is 8.89. The normalized spacial score (nSPS) is 12.9. The SMILES string of the molecule is Cc1ccc(NC(=O)c2c(-n3c(C)cc(/C=N\NC(=O)c4ccc(Cl)c(Cl)c4)c3C)sc3c2CCCC3)cc1. The summed E-state index contributed by atoms with van der Waals surface area (Å²) in [6.07, 6.45) is 5.71. The van der Waals surface area contributed by atoms with E-state index in [0.29, 0.717) is 15.6 Å². The van der Waals surface area contributed by atoms with E-state index in [1.165, 1.54) is 10.9 Å². The largest absolute Gasteiger partial charge is 0.322 e. The average molecular weight is 580 g/mol. The molecule has 9 heteroatoms. The minimum Gasteiger partial charge on any atom is -0.322 e. The molecule has 0 saturated heterocycles. The van der Waals surface area contributed by atoms with E-state index in [0.717, 1.165) is 70.0 Å². The average Bonchev–Trinajstić information content (AvgIpc) is 3.42. The van der Waals surface area contributed by atoms with Crippen LogP contribution in [0.25, 0.3) is 5.00 Å². The lowest BCUT2D eigenvalue weighted by atomic mass is 9.95. The predicted molar refractivity (Wildman–Crippen MR) is 160 cm³/mol. The van der Waals surface area contributed by atoms with Gasteiger partial charge in [0.15, 0.2) is 0 Å². The molecule has 2 aromatic heterocycles. The number of hydrogen-bond donors (Lipinski definition) is 2. The second-order valence-electron chi connectivity index (χ2n) is 9.70. The fourth-order valence-corrected chi connectivity index (χ4v) is 6.66. The molecule has 0 aliphatic heterocycles. The smallest absolute Gasteiger partial charge is 0.271 e. The maximum absolute atomic E-state index is 13.7. The van der Waals surface area contributed by atoms with Crippen LogP contribution in [0.5, 0.6) is 0 Å². The van der Waals surface area contributed by atoms with Gasteiger partial charge in [-0.05, 0) is 88.4 Å². The maximum Gasteiger partial charge on any atom is 0.271 e. The van der Waals surface area contributed by atoms with Gasteiger partial charge < -0.3 is 9.88 Å². The van der Waals surface area contributed by atoms with E-state index < -0.39 is 0 Å². The molecule has 2 N–H and O–H groups in total. The highest BCUT2D eigenvalue weighted by molar-refractivity contribution is 7.15. The molecule has 1 aliphatic rings. The lowest BCUT2D eigenvalue weighted by Crippen LogP contribution is -2.17. The van der Waals surface area contributed by atoms with E-state index in [1.54, 1.807) is 29.7 Å². The van der Waals surface area contributed by atoms with Crippen molar-refractivity contribution in [2.24, 2.45) is 5.10 Å². The Morgan fingerprint density at radius 2 is 1.69 bits per heavy atom. The van der Waals surface area contributed by atoms with Crippen LogP contribution >= 0.6 is 34.5 Å². The van der Waals surface area contributed by atoms with Gasteiger partial charge in [-0.3, -0.25) is 9.59 Å². The first-order valence-corrected chi connectivity index (χ1v) is 14.3. The molecular formula is C30H28Cl2N4O2S. The summed E-state index contributed by atoms with van der Waals surface area (Å²) in [5.41, 5.74) is 9.49. The molecule has 2 heterocycles. The Balaban J connectivity index is 1.44. The number of fused-ring (bicyclic) bond motifs is 1. The molecule has 2 aromatic carbocycles. The van der Waals surface area contributed by atoms with Gasteiger partial charge in [-0.25, -0.2) is 5.43 Å². The minimum atomic E-state index is -0.389. The molecule has 0 atom stereocenters. The van der Waals surface area contributed by atoms with Gasteiger partial charge >= 0.3 is 0 Å². The number of halogens is 2. The molecule has 0 radical (unpaired) electrons. The van der Waals surface area contributed by atoms with Gasteiger partial charge in [0.1, 0.15) is 5.00 Å². The van der Waals surface area contributed by atoms with Crippen molar-refractivity contribution in [3.63, 3.8) is 0 Å². The summed E-state index contributed by atoms with van der Waals surface area (Å²) in [6, 6.07) is 14.5. The number of nitrogens with zero attached hydrogens (tertiary/aromatic N) is 2. The third-order valence-corrected chi connectivity index (χ3v) is 8.93. The first-order chi connectivity index (χ1) is 18.7. The molecule has 6 nitrogen and oxygen atoms in total. The first-order valence-electron chi connectivity index (χ1n) is 12.7. The number of aryl methyl sites for hydroxylation is 3. The van der Waals surface area contributed by atoms with Crippen LogP contribution in [0.15, 0.2) is 53.6 Å². The quantitative estimate of drug-likeness (QED) is 0.182. The second-order valence-corrected chi connectivity index (χ2v) is 11.6. The number of hydrogen-bond acceptors (Lipinski definition) is 4. The molecule has 0 spiro atoms. The van der Waals surface area contributed by atoms with Gasteiger partial charge in [-0.2, -0.15) is 5.10 Å². The van der Waals surface area contributed by atoms with E-state index in [1.807, 2.05) is 51.1 Å². The molecule has 5 rings (SSSR count). The van der Waals surface area contributed by atoms with Crippen molar-refractivity contribution in [2.75, 3.05) is 5.32 Å². The number of carbonyl (C=O) groups is 2. The maximum atomic E-state index is 13.7. The molecule has 0 saturated carbocycles. The lowest BCUT2D eigenvalue weighted by Gasteiger charge is -2.14. The standard InChI is InChI=1S/C30H28Cl2N4O2S/c1-17-8-11-22(12-9-17)34-29(38)27-23-6-4-5-7-26(23)39-30(27)36-18(2)14-21(19(36)3)16-33-35-28(37)20-10-13-24(31)25(32)15-20/h8-16H,4-7H2,1-3H3,(H,34,38)(H,35,37)/b33-16-. The van der Waals surface area contributed by atoms with Crippen LogP contribution in [-0.4, -0.2) is 22.6 Å². The number of anilines is 1. The molecule has 4 aromatic rings. The van der Waals surface area contributed by atoms with E-state index in [4.69, 9.17) is 23.2 Å². The molecular weight excluding hydrogens is 551 g/mol. The van der Waals surface area contributed by atoms with E-state index in [2.05, 4.69) is 20.4 Å². The van der Waals surface area contributed by atoms with Crippen molar-refractivity contribution in [1.29, 1.82) is 0 Å². The van der Waals surface area contributed by atoms with E-state index in [9.17, 15) is 9.59 Å². The van der Waals surface area contributed by atoms with Gasteiger partial charge in [-0.1, -0.05) is 40.9 Å². The van der Waals surface area contributed by atoms with Crippen LogP contribution in [0.4, 0.5) is 5.69 Å². The zero-order valence-corrected chi connectivity index (χ0v) is 24.2.